The summed E-state index contributed by atoms with van der Waals surface area (Å²) in [6.45, 7) is 6.66. The lowest BCUT2D eigenvalue weighted by molar-refractivity contribution is -0.167. The number of unbranched alkanes of at least 4 members (excludes halogenated alkanes) is 37. The maximum atomic E-state index is 12.8. The van der Waals surface area contributed by atoms with Crippen LogP contribution in [0.4, 0.5) is 0 Å². The van der Waals surface area contributed by atoms with E-state index in [1.165, 1.54) is 205 Å². The third-order valence-corrected chi connectivity index (χ3v) is 12.3. The second-order valence-electron chi connectivity index (χ2n) is 18.5. The lowest BCUT2D eigenvalue weighted by atomic mass is 10.0. The molecule has 0 amide bonds. The van der Waals surface area contributed by atoms with Gasteiger partial charge in [-0.25, -0.2) is 0 Å². The van der Waals surface area contributed by atoms with Crippen LogP contribution in [0.15, 0.2) is 12.2 Å². The molecule has 0 heterocycles. The lowest BCUT2D eigenvalue weighted by Crippen LogP contribution is -2.30. The Kier molecular flexibility index (Phi) is 49.3. The van der Waals surface area contributed by atoms with Crippen LogP contribution in [0.5, 0.6) is 0 Å². The molecule has 0 bridgehead atoms. The number of hydrogen-bond donors (Lipinski definition) is 0. The van der Waals surface area contributed by atoms with E-state index in [9.17, 15) is 14.4 Å². The first-order valence-corrected chi connectivity index (χ1v) is 27.2. The largest absolute Gasteiger partial charge is 0.462 e. The minimum atomic E-state index is -0.763. The summed E-state index contributed by atoms with van der Waals surface area (Å²) in [7, 11) is 0. The second kappa shape index (κ2) is 50.8. The Hall–Kier alpha value is -1.85. The van der Waals surface area contributed by atoms with Crippen molar-refractivity contribution in [2.24, 2.45) is 0 Å². The summed E-state index contributed by atoms with van der Waals surface area (Å²) in [6.07, 6.45) is 56.3. The van der Waals surface area contributed by atoms with Gasteiger partial charge in [0, 0.05) is 19.3 Å². The number of hydrogen-bond acceptors (Lipinski definition) is 6. The SMILES string of the molecule is CCCCCCCC/C=C\CCCCCCCCCCCC(=O)OCC(COC(=O)CCCCCCCCCCCC)OC(=O)CCCCCCCCCCCCCCCC. The molecule has 6 nitrogen and oxygen atoms in total. The first-order valence-electron chi connectivity index (χ1n) is 27.2. The van der Waals surface area contributed by atoms with Crippen molar-refractivity contribution in [3.63, 3.8) is 0 Å². The van der Waals surface area contributed by atoms with Gasteiger partial charge in [-0.2, -0.15) is 0 Å². The molecule has 0 saturated carbocycles. The molecule has 0 fully saturated rings. The molecule has 61 heavy (non-hydrogen) atoms. The fraction of sp³-hybridized carbons (Fsp3) is 0.909. The summed E-state index contributed by atoms with van der Waals surface area (Å²) in [6, 6.07) is 0. The molecule has 0 aliphatic carbocycles. The standard InChI is InChI=1S/C55H104O6/c1-4-7-10-13-16-19-22-24-26-27-28-29-30-32-33-36-39-42-45-48-54(57)60-51-52(50-59-53(56)47-44-41-38-35-21-18-15-12-9-6-3)61-55(58)49-46-43-40-37-34-31-25-23-20-17-14-11-8-5-2/h24,26,52H,4-23,25,27-51H2,1-3H3/b26-24-. The molecule has 0 N–H and O–H groups in total. The van der Waals surface area contributed by atoms with Crippen LogP contribution in [-0.2, 0) is 28.6 Å². The Labute approximate surface area is 380 Å². The first kappa shape index (κ1) is 59.1. The number of carbonyl (C=O) groups excluding carboxylic acids is 3. The van der Waals surface area contributed by atoms with Crippen molar-refractivity contribution in [3.05, 3.63) is 12.2 Å². The zero-order valence-corrected chi connectivity index (χ0v) is 41.2. The molecule has 0 radical (unpaired) electrons. The van der Waals surface area contributed by atoms with Gasteiger partial charge in [-0.05, 0) is 44.9 Å². The van der Waals surface area contributed by atoms with Gasteiger partial charge in [0.2, 0.25) is 0 Å². The summed E-state index contributed by atoms with van der Waals surface area (Å²) in [5, 5.41) is 0. The van der Waals surface area contributed by atoms with Crippen molar-refractivity contribution >= 4 is 17.9 Å². The van der Waals surface area contributed by atoms with Crippen molar-refractivity contribution in [2.45, 2.75) is 309 Å². The predicted octanol–water partition coefficient (Wildman–Crippen LogP) is 17.8. The van der Waals surface area contributed by atoms with E-state index in [1.807, 2.05) is 0 Å². The van der Waals surface area contributed by atoms with E-state index in [0.29, 0.717) is 19.3 Å². The monoisotopic (exact) mass is 861 g/mol. The Bertz CT molecular complexity index is 947. The smallest absolute Gasteiger partial charge is 0.306 e. The third-order valence-electron chi connectivity index (χ3n) is 12.3. The maximum absolute atomic E-state index is 12.8. The molecule has 360 valence electrons. The lowest BCUT2D eigenvalue weighted by Gasteiger charge is -2.18. The zero-order chi connectivity index (χ0) is 44.4. The molecule has 1 unspecified atom stereocenters. The molecule has 0 spiro atoms. The summed E-state index contributed by atoms with van der Waals surface area (Å²) in [4.78, 5) is 38.0. The van der Waals surface area contributed by atoms with Crippen LogP contribution in [0.1, 0.15) is 303 Å². The fourth-order valence-corrected chi connectivity index (χ4v) is 8.14. The Balaban J connectivity index is 4.26. The topological polar surface area (TPSA) is 78.9 Å². The summed E-state index contributed by atoms with van der Waals surface area (Å²) in [5.41, 5.74) is 0. The molecular formula is C55H104O6. The first-order chi connectivity index (χ1) is 30.0. The molecule has 0 rings (SSSR count). The molecule has 0 aromatic heterocycles. The quantitative estimate of drug-likeness (QED) is 0.0262. The van der Waals surface area contributed by atoms with Gasteiger partial charge in [0.25, 0.3) is 0 Å². The number of carbonyl (C=O) groups is 3. The minimum absolute atomic E-state index is 0.0652. The predicted molar refractivity (Wildman–Crippen MR) is 261 cm³/mol. The van der Waals surface area contributed by atoms with E-state index >= 15 is 0 Å². The molecule has 0 aliphatic rings. The van der Waals surface area contributed by atoms with Gasteiger partial charge in [-0.3, -0.25) is 14.4 Å². The number of ether oxygens (including phenoxy) is 3. The minimum Gasteiger partial charge on any atom is -0.462 e. The van der Waals surface area contributed by atoms with Gasteiger partial charge in [-0.15, -0.1) is 0 Å². The molecule has 1 atom stereocenters. The Morgan fingerprint density at radius 1 is 0.311 bits per heavy atom. The third kappa shape index (κ3) is 49.0. The van der Waals surface area contributed by atoms with Crippen LogP contribution in [0, 0.1) is 0 Å². The van der Waals surface area contributed by atoms with Crippen LogP contribution in [0.3, 0.4) is 0 Å². The molecule has 6 heteroatoms. The number of esters is 3. The number of allylic oxidation sites excluding steroid dienone is 2. The van der Waals surface area contributed by atoms with Crippen molar-refractivity contribution in [2.75, 3.05) is 13.2 Å². The normalized spacial score (nSPS) is 12.0. The molecular weight excluding hydrogens is 757 g/mol. The summed E-state index contributed by atoms with van der Waals surface area (Å²) >= 11 is 0. The highest BCUT2D eigenvalue weighted by Crippen LogP contribution is 2.16. The van der Waals surface area contributed by atoms with Crippen molar-refractivity contribution in [1.82, 2.24) is 0 Å². The van der Waals surface area contributed by atoms with E-state index < -0.39 is 6.10 Å². The van der Waals surface area contributed by atoms with E-state index in [2.05, 4.69) is 32.9 Å². The van der Waals surface area contributed by atoms with Crippen molar-refractivity contribution < 1.29 is 28.6 Å². The van der Waals surface area contributed by atoms with Gasteiger partial charge in [-0.1, -0.05) is 251 Å². The number of rotatable bonds is 50. The Morgan fingerprint density at radius 2 is 0.541 bits per heavy atom. The average molecular weight is 861 g/mol. The van der Waals surface area contributed by atoms with Gasteiger partial charge >= 0.3 is 17.9 Å². The Morgan fingerprint density at radius 3 is 0.820 bits per heavy atom. The summed E-state index contributed by atoms with van der Waals surface area (Å²) in [5.74, 6) is -0.850. The second-order valence-corrected chi connectivity index (χ2v) is 18.5. The van der Waals surface area contributed by atoms with E-state index in [0.717, 1.165) is 57.8 Å². The van der Waals surface area contributed by atoms with Gasteiger partial charge in [0.05, 0.1) is 0 Å². The van der Waals surface area contributed by atoms with Gasteiger partial charge < -0.3 is 14.2 Å². The highest BCUT2D eigenvalue weighted by Gasteiger charge is 2.19. The fourth-order valence-electron chi connectivity index (χ4n) is 8.14. The molecule has 0 aromatic rings. The molecule has 0 aliphatic heterocycles. The van der Waals surface area contributed by atoms with Crippen LogP contribution < -0.4 is 0 Å². The van der Waals surface area contributed by atoms with E-state index in [-0.39, 0.29) is 31.1 Å². The maximum Gasteiger partial charge on any atom is 0.306 e. The molecule has 0 saturated heterocycles. The van der Waals surface area contributed by atoms with Crippen LogP contribution >= 0.6 is 0 Å². The van der Waals surface area contributed by atoms with Crippen molar-refractivity contribution in [1.29, 1.82) is 0 Å². The van der Waals surface area contributed by atoms with Crippen LogP contribution in [0.25, 0.3) is 0 Å². The molecule has 0 aromatic carbocycles. The van der Waals surface area contributed by atoms with Gasteiger partial charge in [0.1, 0.15) is 13.2 Å². The average Bonchev–Trinajstić information content (AvgIpc) is 3.26. The van der Waals surface area contributed by atoms with Crippen LogP contribution in [0.2, 0.25) is 0 Å². The van der Waals surface area contributed by atoms with Gasteiger partial charge in [0.15, 0.2) is 6.10 Å². The van der Waals surface area contributed by atoms with E-state index in [1.54, 1.807) is 0 Å². The van der Waals surface area contributed by atoms with Crippen LogP contribution in [-0.4, -0.2) is 37.2 Å². The van der Waals surface area contributed by atoms with E-state index in [4.69, 9.17) is 14.2 Å². The zero-order valence-electron chi connectivity index (χ0n) is 41.2. The highest BCUT2D eigenvalue weighted by atomic mass is 16.6. The van der Waals surface area contributed by atoms with Crippen molar-refractivity contribution in [3.8, 4) is 0 Å². The highest BCUT2D eigenvalue weighted by molar-refractivity contribution is 5.71. The summed E-state index contributed by atoms with van der Waals surface area (Å²) < 4.78 is 16.8.